The lowest BCUT2D eigenvalue weighted by Crippen LogP contribution is -2.34. The Morgan fingerprint density at radius 3 is 2.53 bits per heavy atom. The molecule has 0 saturated heterocycles. The van der Waals surface area contributed by atoms with E-state index in [1.807, 2.05) is 31.2 Å². The lowest BCUT2D eigenvalue weighted by Gasteiger charge is -2.10. The van der Waals surface area contributed by atoms with Crippen LogP contribution in [0, 0.1) is 13.8 Å². The summed E-state index contributed by atoms with van der Waals surface area (Å²) in [6.07, 6.45) is 0. The quantitative estimate of drug-likeness (QED) is 0.387. The third kappa shape index (κ3) is 4.78. The van der Waals surface area contributed by atoms with Crippen molar-refractivity contribution in [1.29, 1.82) is 0 Å². The summed E-state index contributed by atoms with van der Waals surface area (Å²) in [5.41, 5.74) is 5.89. The van der Waals surface area contributed by atoms with E-state index < -0.39 is 0 Å². The molecule has 1 heterocycles. The molecular formula is C25H23N3O3S. The first-order chi connectivity index (χ1) is 15.4. The van der Waals surface area contributed by atoms with Crippen LogP contribution in [0.3, 0.4) is 0 Å². The van der Waals surface area contributed by atoms with Gasteiger partial charge in [0.2, 0.25) is 5.89 Å². The van der Waals surface area contributed by atoms with Crippen molar-refractivity contribution in [2.75, 3.05) is 11.9 Å². The molecule has 0 aliphatic heterocycles. The van der Waals surface area contributed by atoms with Gasteiger partial charge in [0.25, 0.3) is 5.91 Å². The summed E-state index contributed by atoms with van der Waals surface area (Å²) in [7, 11) is 0. The van der Waals surface area contributed by atoms with Crippen molar-refractivity contribution >= 4 is 40.0 Å². The van der Waals surface area contributed by atoms with Gasteiger partial charge in [-0.05, 0) is 98.7 Å². The van der Waals surface area contributed by atoms with Crippen molar-refractivity contribution in [1.82, 2.24) is 10.3 Å². The molecule has 0 fully saturated rings. The lowest BCUT2D eigenvalue weighted by atomic mass is 10.1. The summed E-state index contributed by atoms with van der Waals surface area (Å²) in [6.45, 7) is 6.61. The summed E-state index contributed by atoms with van der Waals surface area (Å²) >= 11 is 5.30. The number of fused-ring (bicyclic) bond motifs is 1. The molecule has 6 nitrogen and oxygen atoms in total. The first-order valence-corrected chi connectivity index (χ1v) is 10.7. The average molecular weight is 446 g/mol. The number of oxazole rings is 1. The van der Waals surface area contributed by atoms with Gasteiger partial charge < -0.3 is 14.5 Å². The molecule has 3 aromatic carbocycles. The summed E-state index contributed by atoms with van der Waals surface area (Å²) < 4.78 is 11.3. The smallest absolute Gasteiger partial charge is 0.257 e. The van der Waals surface area contributed by atoms with Crippen molar-refractivity contribution < 1.29 is 13.9 Å². The van der Waals surface area contributed by atoms with E-state index in [0.717, 1.165) is 5.56 Å². The van der Waals surface area contributed by atoms with Crippen LogP contribution in [-0.2, 0) is 0 Å². The standard InChI is InChI=1S/C25H23N3O3S/c1-4-30-20-10-7-17(8-11-20)23(29)28-25(32)26-19-9-12-22-21(14-19)27-24(31-22)18-6-5-15(2)16(3)13-18/h5-14H,4H2,1-3H3,(H2,26,28,29,32). The molecule has 162 valence electrons. The Bertz CT molecular complexity index is 1300. The summed E-state index contributed by atoms with van der Waals surface area (Å²) in [5, 5.41) is 5.90. The molecule has 32 heavy (non-hydrogen) atoms. The van der Waals surface area contributed by atoms with Crippen LogP contribution in [-0.4, -0.2) is 22.6 Å². The number of thiocarbonyl (C=S) groups is 1. The van der Waals surface area contributed by atoms with Gasteiger partial charge in [0, 0.05) is 16.8 Å². The predicted octanol–water partition coefficient (Wildman–Crippen LogP) is 5.64. The fourth-order valence-electron chi connectivity index (χ4n) is 3.21. The number of nitrogens with one attached hydrogen (secondary N) is 2. The van der Waals surface area contributed by atoms with Gasteiger partial charge in [0.1, 0.15) is 11.3 Å². The van der Waals surface area contributed by atoms with Crippen LogP contribution in [0.2, 0.25) is 0 Å². The highest BCUT2D eigenvalue weighted by molar-refractivity contribution is 7.80. The molecule has 2 N–H and O–H groups in total. The van der Waals surface area contributed by atoms with E-state index in [1.54, 1.807) is 24.3 Å². The molecule has 1 amide bonds. The number of benzene rings is 3. The molecule has 0 spiro atoms. The monoisotopic (exact) mass is 445 g/mol. The molecule has 0 aliphatic rings. The van der Waals surface area contributed by atoms with Gasteiger partial charge in [0.15, 0.2) is 10.7 Å². The zero-order valence-electron chi connectivity index (χ0n) is 18.1. The third-order valence-corrected chi connectivity index (χ3v) is 5.26. The van der Waals surface area contributed by atoms with Gasteiger partial charge in [-0.15, -0.1) is 0 Å². The maximum Gasteiger partial charge on any atom is 0.257 e. The minimum atomic E-state index is -0.301. The van der Waals surface area contributed by atoms with Crippen LogP contribution in [0.4, 0.5) is 5.69 Å². The van der Waals surface area contributed by atoms with Crippen LogP contribution in [0.1, 0.15) is 28.4 Å². The Morgan fingerprint density at radius 1 is 1.03 bits per heavy atom. The van der Waals surface area contributed by atoms with Gasteiger partial charge in [-0.2, -0.15) is 0 Å². The number of carbonyl (C=O) groups is 1. The van der Waals surface area contributed by atoms with E-state index in [1.165, 1.54) is 11.1 Å². The molecule has 4 rings (SSSR count). The van der Waals surface area contributed by atoms with Crippen molar-refractivity contribution in [2.45, 2.75) is 20.8 Å². The Morgan fingerprint density at radius 2 is 1.81 bits per heavy atom. The average Bonchev–Trinajstić information content (AvgIpc) is 3.19. The second-order valence-corrected chi connectivity index (χ2v) is 7.77. The van der Waals surface area contributed by atoms with Crippen LogP contribution in [0.5, 0.6) is 5.75 Å². The van der Waals surface area contributed by atoms with Gasteiger partial charge in [-0.3, -0.25) is 10.1 Å². The number of hydrogen-bond donors (Lipinski definition) is 2. The number of carbonyl (C=O) groups excluding carboxylic acids is 1. The maximum atomic E-state index is 12.4. The molecule has 0 bridgehead atoms. The number of hydrogen-bond acceptors (Lipinski definition) is 5. The van der Waals surface area contributed by atoms with E-state index >= 15 is 0 Å². The lowest BCUT2D eigenvalue weighted by molar-refractivity contribution is 0.0977. The van der Waals surface area contributed by atoms with Crippen LogP contribution in [0.15, 0.2) is 65.1 Å². The molecular weight excluding hydrogens is 422 g/mol. The maximum absolute atomic E-state index is 12.4. The second kappa shape index (κ2) is 9.20. The molecule has 0 atom stereocenters. The number of aryl methyl sites for hydroxylation is 2. The zero-order valence-corrected chi connectivity index (χ0v) is 18.9. The number of aromatic nitrogens is 1. The topological polar surface area (TPSA) is 76.4 Å². The van der Waals surface area contributed by atoms with Crippen molar-refractivity contribution in [3.8, 4) is 17.2 Å². The van der Waals surface area contributed by atoms with Gasteiger partial charge in [-0.25, -0.2) is 4.98 Å². The summed E-state index contributed by atoms with van der Waals surface area (Å²) in [6, 6.07) is 18.5. The highest BCUT2D eigenvalue weighted by atomic mass is 32.1. The normalized spacial score (nSPS) is 10.7. The third-order valence-electron chi connectivity index (χ3n) is 5.05. The molecule has 7 heteroatoms. The van der Waals surface area contributed by atoms with Crippen molar-refractivity contribution in [2.24, 2.45) is 0 Å². The van der Waals surface area contributed by atoms with E-state index in [-0.39, 0.29) is 11.0 Å². The minimum absolute atomic E-state index is 0.195. The number of anilines is 1. The first-order valence-electron chi connectivity index (χ1n) is 10.3. The fraction of sp³-hybridized carbons (Fsp3) is 0.160. The van der Waals surface area contributed by atoms with E-state index in [4.69, 9.17) is 21.4 Å². The highest BCUT2D eigenvalue weighted by Crippen LogP contribution is 2.27. The molecule has 0 aliphatic carbocycles. The van der Waals surface area contributed by atoms with Gasteiger partial charge in [0.05, 0.1) is 6.61 Å². The molecule has 1 aromatic heterocycles. The molecule has 4 aromatic rings. The molecule has 0 unspecified atom stereocenters. The first kappa shape index (κ1) is 21.5. The number of nitrogens with zero attached hydrogens (tertiary/aromatic N) is 1. The second-order valence-electron chi connectivity index (χ2n) is 7.37. The van der Waals surface area contributed by atoms with Crippen LogP contribution < -0.4 is 15.4 Å². The number of ether oxygens (including phenoxy) is 1. The summed E-state index contributed by atoms with van der Waals surface area (Å²) in [5.74, 6) is 0.975. The zero-order chi connectivity index (χ0) is 22.7. The van der Waals surface area contributed by atoms with E-state index in [2.05, 4.69) is 41.6 Å². The fourth-order valence-corrected chi connectivity index (χ4v) is 3.42. The van der Waals surface area contributed by atoms with E-state index in [0.29, 0.717) is 40.6 Å². The number of rotatable bonds is 5. The van der Waals surface area contributed by atoms with Gasteiger partial charge >= 0.3 is 0 Å². The summed E-state index contributed by atoms with van der Waals surface area (Å²) in [4.78, 5) is 17.0. The Kier molecular flexibility index (Phi) is 6.18. The molecule has 0 radical (unpaired) electrons. The Balaban J connectivity index is 1.44. The SMILES string of the molecule is CCOc1ccc(C(=O)NC(=S)Nc2ccc3oc(-c4ccc(C)c(C)c4)nc3c2)cc1. The van der Waals surface area contributed by atoms with E-state index in [9.17, 15) is 4.79 Å². The van der Waals surface area contributed by atoms with Crippen molar-refractivity contribution in [3.05, 3.63) is 77.4 Å². The minimum Gasteiger partial charge on any atom is -0.494 e. The van der Waals surface area contributed by atoms with Crippen molar-refractivity contribution in [3.63, 3.8) is 0 Å². The number of amides is 1. The predicted molar refractivity (Wildman–Crippen MR) is 130 cm³/mol. The highest BCUT2D eigenvalue weighted by Gasteiger charge is 2.12. The Hall–Kier alpha value is -3.71. The largest absolute Gasteiger partial charge is 0.494 e. The van der Waals surface area contributed by atoms with Gasteiger partial charge in [-0.1, -0.05) is 6.07 Å². The Labute approximate surface area is 191 Å². The van der Waals surface area contributed by atoms with Crippen LogP contribution in [0.25, 0.3) is 22.6 Å². The molecule has 0 saturated carbocycles. The van der Waals surface area contributed by atoms with Crippen LogP contribution >= 0.6 is 12.2 Å².